The van der Waals surface area contributed by atoms with Crippen molar-refractivity contribution in [3.8, 4) is 11.3 Å². The van der Waals surface area contributed by atoms with Crippen LogP contribution in [0, 0.1) is 5.82 Å². The maximum atomic E-state index is 14.1. The fraction of sp³-hybridized carbons (Fsp3) is 0.0833. The lowest BCUT2D eigenvalue weighted by Crippen LogP contribution is -2.29. The largest absolute Gasteiger partial charge is 0.353 e. The molecule has 3 aromatic carbocycles. The number of imidazole rings is 1. The van der Waals surface area contributed by atoms with E-state index < -0.39 is 0 Å². The van der Waals surface area contributed by atoms with Crippen molar-refractivity contribution in [1.29, 1.82) is 0 Å². The number of carbonyl (C=O) groups is 1. The van der Waals surface area contributed by atoms with Crippen molar-refractivity contribution >= 4 is 34.7 Å². The van der Waals surface area contributed by atoms with Crippen LogP contribution < -0.4 is 10.2 Å². The third-order valence-corrected chi connectivity index (χ3v) is 5.84. The van der Waals surface area contributed by atoms with Gasteiger partial charge < -0.3 is 15.2 Å². The molecule has 1 aliphatic heterocycles. The van der Waals surface area contributed by atoms with E-state index in [0.29, 0.717) is 29.2 Å². The van der Waals surface area contributed by atoms with Crippen molar-refractivity contribution in [3.63, 3.8) is 0 Å². The molecule has 0 spiro atoms. The van der Waals surface area contributed by atoms with Crippen LogP contribution in [0.1, 0.15) is 15.9 Å². The highest BCUT2D eigenvalue weighted by atomic mass is 32.2. The molecule has 31 heavy (non-hydrogen) atoms. The molecule has 0 saturated heterocycles. The summed E-state index contributed by atoms with van der Waals surface area (Å²) < 4.78 is 14.1. The predicted octanol–water partition coefficient (Wildman–Crippen LogP) is 5.84. The zero-order valence-electron chi connectivity index (χ0n) is 16.7. The fourth-order valence-corrected chi connectivity index (χ4v) is 4.11. The first kappa shape index (κ1) is 19.4. The number of para-hydroxylation sites is 1. The monoisotopic (exact) mass is 430 g/mol. The average molecular weight is 431 g/mol. The molecule has 1 aromatic heterocycles. The van der Waals surface area contributed by atoms with Gasteiger partial charge in [-0.1, -0.05) is 42.1 Å². The summed E-state index contributed by atoms with van der Waals surface area (Å²) in [5, 5.41) is 4.12. The number of hydrogen-bond acceptors (Lipinski definition) is 4. The van der Waals surface area contributed by atoms with Crippen molar-refractivity contribution in [3.05, 3.63) is 89.9 Å². The molecular formula is C24H19FN4OS. The number of nitrogens with one attached hydrogen (secondary N) is 2. The van der Waals surface area contributed by atoms with Crippen molar-refractivity contribution in [2.24, 2.45) is 0 Å². The van der Waals surface area contributed by atoms with E-state index in [2.05, 4.69) is 15.3 Å². The molecule has 5 rings (SSSR count). The van der Waals surface area contributed by atoms with Gasteiger partial charge >= 0.3 is 0 Å². The Morgan fingerprint density at radius 2 is 1.90 bits per heavy atom. The summed E-state index contributed by atoms with van der Waals surface area (Å²) in [4.78, 5) is 22.7. The second-order valence-corrected chi connectivity index (χ2v) is 8.02. The van der Waals surface area contributed by atoms with Crippen molar-refractivity contribution in [1.82, 2.24) is 9.97 Å². The van der Waals surface area contributed by atoms with Gasteiger partial charge in [0.05, 0.1) is 41.1 Å². The standard InChI is InChI=1S/C24H19FN4OS/c1-31-24-26-13-21(28-24)16-6-4-5-15(11-16)14-29-22-12-17(25)9-10-20(22)27-19-8-3-2-7-18(19)23(29)30/h2-13,27H,14H2,1H3,(H,26,28). The summed E-state index contributed by atoms with van der Waals surface area (Å²) in [5.74, 6) is -0.566. The first-order valence-corrected chi connectivity index (χ1v) is 11.0. The van der Waals surface area contributed by atoms with E-state index in [4.69, 9.17) is 0 Å². The Labute approximate surface area is 183 Å². The number of benzene rings is 3. The molecular weight excluding hydrogens is 411 g/mol. The maximum Gasteiger partial charge on any atom is 0.260 e. The van der Waals surface area contributed by atoms with Gasteiger partial charge in [-0.15, -0.1) is 0 Å². The van der Waals surface area contributed by atoms with E-state index in [1.54, 1.807) is 35.0 Å². The maximum absolute atomic E-state index is 14.1. The lowest BCUT2D eigenvalue weighted by molar-refractivity contribution is 0.0986. The molecule has 0 radical (unpaired) electrons. The Morgan fingerprint density at radius 3 is 2.74 bits per heavy atom. The number of rotatable bonds is 4. The molecule has 1 amide bonds. The molecule has 2 heterocycles. The number of H-pyrrole nitrogens is 1. The van der Waals surface area contributed by atoms with Gasteiger partial charge in [0, 0.05) is 0 Å². The van der Waals surface area contributed by atoms with E-state index in [9.17, 15) is 9.18 Å². The van der Waals surface area contributed by atoms with Gasteiger partial charge in [0.25, 0.3) is 5.91 Å². The van der Waals surface area contributed by atoms with Crippen LogP contribution in [0.2, 0.25) is 0 Å². The summed E-state index contributed by atoms with van der Waals surface area (Å²) in [6.07, 6.45) is 3.76. The molecule has 0 saturated carbocycles. The number of anilines is 3. The molecule has 2 N–H and O–H groups in total. The number of halogens is 1. The molecule has 0 fully saturated rings. The van der Waals surface area contributed by atoms with E-state index in [1.165, 1.54) is 12.1 Å². The van der Waals surface area contributed by atoms with Crippen LogP contribution in [-0.4, -0.2) is 22.1 Å². The molecule has 0 atom stereocenters. The van der Waals surface area contributed by atoms with Crippen LogP contribution in [0.4, 0.5) is 21.5 Å². The van der Waals surface area contributed by atoms with Crippen LogP contribution >= 0.6 is 11.8 Å². The molecule has 0 bridgehead atoms. The number of hydrogen-bond donors (Lipinski definition) is 2. The minimum Gasteiger partial charge on any atom is -0.353 e. The highest BCUT2D eigenvalue weighted by Gasteiger charge is 2.27. The lowest BCUT2D eigenvalue weighted by atomic mass is 10.1. The quantitative estimate of drug-likeness (QED) is 0.399. The Kier molecular flexibility index (Phi) is 4.95. The topological polar surface area (TPSA) is 61.0 Å². The number of fused-ring (bicyclic) bond motifs is 2. The minimum atomic E-state index is -0.389. The zero-order valence-corrected chi connectivity index (χ0v) is 17.5. The van der Waals surface area contributed by atoms with E-state index in [0.717, 1.165) is 22.0 Å². The van der Waals surface area contributed by atoms with Gasteiger partial charge in [-0.3, -0.25) is 4.79 Å². The molecule has 7 heteroatoms. The van der Waals surface area contributed by atoms with Crippen LogP contribution in [0.5, 0.6) is 0 Å². The number of carbonyl (C=O) groups excluding carboxylic acids is 1. The Bertz CT molecular complexity index is 1290. The zero-order chi connectivity index (χ0) is 21.4. The first-order valence-electron chi connectivity index (χ1n) is 9.78. The van der Waals surface area contributed by atoms with Gasteiger partial charge in [-0.25, -0.2) is 9.37 Å². The molecule has 1 aliphatic rings. The minimum absolute atomic E-state index is 0.177. The Hall–Kier alpha value is -3.58. The number of nitrogens with zero attached hydrogens (tertiary/aromatic N) is 2. The van der Waals surface area contributed by atoms with Gasteiger partial charge in [-0.05, 0) is 53.8 Å². The van der Waals surface area contributed by atoms with Crippen molar-refractivity contribution in [2.45, 2.75) is 11.7 Å². The second kappa shape index (κ2) is 7.92. The van der Waals surface area contributed by atoms with Gasteiger partial charge in [0.15, 0.2) is 5.16 Å². The van der Waals surface area contributed by atoms with Gasteiger partial charge in [0.1, 0.15) is 5.82 Å². The third-order valence-electron chi connectivity index (χ3n) is 5.25. The molecule has 0 aliphatic carbocycles. The first-order chi connectivity index (χ1) is 15.1. The number of aromatic amines is 1. The highest BCUT2D eigenvalue weighted by molar-refractivity contribution is 7.98. The molecule has 4 aromatic rings. The average Bonchev–Trinajstić information content (AvgIpc) is 3.24. The fourth-order valence-electron chi connectivity index (χ4n) is 3.74. The third kappa shape index (κ3) is 3.68. The predicted molar refractivity (Wildman–Crippen MR) is 122 cm³/mol. The second-order valence-electron chi connectivity index (χ2n) is 7.23. The van der Waals surface area contributed by atoms with Crippen molar-refractivity contribution in [2.75, 3.05) is 16.5 Å². The number of thioether (sulfide) groups is 1. The van der Waals surface area contributed by atoms with Crippen LogP contribution in [0.15, 0.2) is 78.1 Å². The van der Waals surface area contributed by atoms with E-state index in [1.807, 2.05) is 48.7 Å². The summed E-state index contributed by atoms with van der Waals surface area (Å²) in [6.45, 7) is 0.308. The summed E-state index contributed by atoms with van der Waals surface area (Å²) in [7, 11) is 0. The molecule has 0 unspecified atom stereocenters. The Balaban J connectivity index is 1.56. The lowest BCUT2D eigenvalue weighted by Gasteiger charge is -2.23. The van der Waals surface area contributed by atoms with E-state index >= 15 is 0 Å². The van der Waals surface area contributed by atoms with Crippen molar-refractivity contribution < 1.29 is 9.18 Å². The molecule has 5 nitrogen and oxygen atoms in total. The number of amides is 1. The molecule has 154 valence electrons. The summed E-state index contributed by atoms with van der Waals surface area (Å²) in [6, 6.07) is 19.7. The summed E-state index contributed by atoms with van der Waals surface area (Å²) in [5.41, 5.74) is 5.28. The van der Waals surface area contributed by atoms with Gasteiger partial charge in [0.2, 0.25) is 0 Å². The van der Waals surface area contributed by atoms with Gasteiger partial charge in [-0.2, -0.15) is 0 Å². The van der Waals surface area contributed by atoms with Crippen LogP contribution in [0.3, 0.4) is 0 Å². The highest BCUT2D eigenvalue weighted by Crippen LogP contribution is 2.37. The van der Waals surface area contributed by atoms with Crippen LogP contribution in [-0.2, 0) is 6.54 Å². The number of aromatic nitrogens is 2. The normalized spacial score (nSPS) is 12.7. The Morgan fingerprint density at radius 1 is 1.03 bits per heavy atom. The van der Waals surface area contributed by atoms with Crippen LogP contribution in [0.25, 0.3) is 11.3 Å². The SMILES string of the molecule is CSc1ncc(-c2cccc(CN3C(=O)c4ccccc4Nc4ccc(F)cc43)c2)[nH]1. The summed E-state index contributed by atoms with van der Waals surface area (Å²) >= 11 is 1.54. The van der Waals surface area contributed by atoms with E-state index in [-0.39, 0.29) is 11.7 Å². The smallest absolute Gasteiger partial charge is 0.260 e.